The largest absolute Gasteiger partial charge is 0.377 e. The first-order valence-electron chi connectivity index (χ1n) is 8.14. The van der Waals surface area contributed by atoms with Crippen LogP contribution in [0.25, 0.3) is 6.08 Å². The van der Waals surface area contributed by atoms with Gasteiger partial charge in [0.1, 0.15) is 5.69 Å². The number of hydrogen-bond acceptors (Lipinski definition) is 3. The van der Waals surface area contributed by atoms with Crippen LogP contribution in [0, 0.1) is 29.1 Å². The van der Waals surface area contributed by atoms with Gasteiger partial charge in [0.15, 0.2) is 23.3 Å². The Bertz CT molecular complexity index is 1070. The van der Waals surface area contributed by atoms with Crippen molar-refractivity contribution < 1.29 is 26.7 Å². The molecule has 152 valence electrons. The molecular formula is C19H13BrF5N3O. The highest BCUT2D eigenvalue weighted by atomic mass is 79.9. The minimum Gasteiger partial charge on any atom is -0.377 e. The van der Waals surface area contributed by atoms with Gasteiger partial charge < -0.3 is 4.90 Å². The number of halogens is 6. The summed E-state index contributed by atoms with van der Waals surface area (Å²) in [5, 5.41) is 3.88. The zero-order valence-electron chi connectivity index (χ0n) is 15.3. The molecule has 4 nitrogen and oxygen atoms in total. The number of rotatable bonds is 3. The summed E-state index contributed by atoms with van der Waals surface area (Å²) >= 11 is 3.40. The molecule has 2 aromatic rings. The molecule has 0 fully saturated rings. The standard InChI is InChI=1S/C19H13BrF5N3O/c1-8-10(6-9-4-5-12(27(2)3)11(20)7-9)19(29)28(26-8)18-16(24)14(22)13(21)15(23)17(18)25/h4-7H,1-3H3/b10-6+. The molecule has 29 heavy (non-hydrogen) atoms. The van der Waals surface area contributed by atoms with E-state index >= 15 is 0 Å². The fraction of sp³-hybridized carbons (Fsp3) is 0.158. The quantitative estimate of drug-likeness (QED) is 0.271. The van der Waals surface area contributed by atoms with Gasteiger partial charge in [-0.3, -0.25) is 4.79 Å². The van der Waals surface area contributed by atoms with Crippen molar-refractivity contribution in [1.82, 2.24) is 0 Å². The van der Waals surface area contributed by atoms with Gasteiger partial charge in [0.2, 0.25) is 5.82 Å². The SMILES string of the molecule is CC1=NN(c2c(F)c(F)c(F)c(F)c2F)C(=O)/C1=C/c1ccc(N(C)C)c(Br)c1. The molecule has 0 N–H and O–H groups in total. The zero-order valence-corrected chi connectivity index (χ0v) is 16.9. The van der Waals surface area contributed by atoms with Crippen molar-refractivity contribution in [2.45, 2.75) is 6.92 Å². The number of benzene rings is 2. The van der Waals surface area contributed by atoms with Crippen LogP contribution in [0.15, 0.2) is 33.3 Å². The lowest BCUT2D eigenvalue weighted by molar-refractivity contribution is -0.114. The molecule has 0 atom stereocenters. The summed E-state index contributed by atoms with van der Waals surface area (Å²) in [6, 6.07) is 5.20. The molecule has 1 aliphatic heterocycles. The Hall–Kier alpha value is -2.75. The number of hydrogen-bond donors (Lipinski definition) is 0. The second-order valence-electron chi connectivity index (χ2n) is 6.38. The van der Waals surface area contributed by atoms with Crippen molar-refractivity contribution in [1.29, 1.82) is 0 Å². The third kappa shape index (κ3) is 3.52. The molecule has 0 saturated carbocycles. The van der Waals surface area contributed by atoms with Gasteiger partial charge in [0, 0.05) is 18.6 Å². The molecule has 0 bridgehead atoms. The van der Waals surface area contributed by atoms with E-state index in [1.165, 1.54) is 13.0 Å². The summed E-state index contributed by atoms with van der Waals surface area (Å²) in [7, 11) is 3.69. The average Bonchev–Trinajstić information content (AvgIpc) is 2.93. The Labute approximate surface area is 171 Å². The molecular weight excluding hydrogens is 461 g/mol. The highest BCUT2D eigenvalue weighted by Gasteiger charge is 2.37. The van der Waals surface area contributed by atoms with Crippen LogP contribution in [0.5, 0.6) is 0 Å². The van der Waals surface area contributed by atoms with Gasteiger partial charge >= 0.3 is 0 Å². The maximum absolute atomic E-state index is 14.1. The van der Waals surface area contributed by atoms with Crippen molar-refractivity contribution in [3.05, 3.63) is 62.9 Å². The first-order chi connectivity index (χ1) is 13.5. The lowest BCUT2D eigenvalue weighted by atomic mass is 10.1. The summed E-state index contributed by atoms with van der Waals surface area (Å²) in [4.78, 5) is 14.5. The zero-order chi connectivity index (χ0) is 21.6. The number of nitrogens with zero attached hydrogens (tertiary/aromatic N) is 3. The molecule has 0 unspecified atom stereocenters. The maximum atomic E-state index is 14.1. The van der Waals surface area contributed by atoms with Crippen molar-refractivity contribution in [2.75, 3.05) is 24.0 Å². The number of carbonyl (C=O) groups excluding carboxylic acids is 1. The van der Waals surface area contributed by atoms with Gasteiger partial charge in [-0.15, -0.1) is 0 Å². The highest BCUT2D eigenvalue weighted by Crippen LogP contribution is 2.34. The molecule has 0 saturated heterocycles. The lowest BCUT2D eigenvalue weighted by Crippen LogP contribution is -2.25. The number of anilines is 2. The van der Waals surface area contributed by atoms with Gasteiger partial charge in [-0.25, -0.2) is 22.0 Å². The topological polar surface area (TPSA) is 35.9 Å². The van der Waals surface area contributed by atoms with Gasteiger partial charge in [0.25, 0.3) is 5.91 Å². The predicted octanol–water partition coefficient (Wildman–Crippen LogP) is 5.02. The Kier molecular flexibility index (Phi) is 5.48. The van der Waals surface area contributed by atoms with Crippen LogP contribution in [0.1, 0.15) is 12.5 Å². The van der Waals surface area contributed by atoms with Gasteiger partial charge in [-0.05, 0) is 46.6 Å². The summed E-state index contributed by atoms with van der Waals surface area (Å²) in [6.07, 6.45) is 1.41. The van der Waals surface area contributed by atoms with Crippen molar-refractivity contribution >= 4 is 45.0 Å². The van der Waals surface area contributed by atoms with Gasteiger partial charge in [-0.1, -0.05) is 6.07 Å². The highest BCUT2D eigenvalue weighted by molar-refractivity contribution is 9.10. The molecule has 0 radical (unpaired) electrons. The first kappa shape index (κ1) is 21.0. The molecule has 10 heteroatoms. The summed E-state index contributed by atoms with van der Waals surface area (Å²) < 4.78 is 69.1. The molecule has 1 heterocycles. The van der Waals surface area contributed by atoms with Crippen LogP contribution in [-0.2, 0) is 4.79 Å². The number of amides is 1. The number of hydrazone groups is 1. The fourth-order valence-corrected chi connectivity index (χ4v) is 3.51. The van der Waals surface area contributed by atoms with Crippen LogP contribution in [0.3, 0.4) is 0 Å². The van der Waals surface area contributed by atoms with E-state index < -0.39 is 40.7 Å². The minimum absolute atomic E-state index is 0.0431. The fourth-order valence-electron chi connectivity index (χ4n) is 2.76. The van der Waals surface area contributed by atoms with Crippen molar-refractivity contribution in [2.24, 2.45) is 5.10 Å². The van der Waals surface area contributed by atoms with Crippen LogP contribution in [-0.4, -0.2) is 25.7 Å². The lowest BCUT2D eigenvalue weighted by Gasteiger charge is -2.15. The Morgan fingerprint density at radius 1 is 1.00 bits per heavy atom. The third-order valence-corrected chi connectivity index (χ3v) is 4.86. The summed E-state index contributed by atoms with van der Waals surface area (Å²) in [6.45, 7) is 1.39. The van der Waals surface area contributed by atoms with E-state index in [-0.39, 0.29) is 16.3 Å². The smallest absolute Gasteiger partial charge is 0.280 e. The summed E-state index contributed by atoms with van der Waals surface area (Å²) in [5.74, 6) is -11.9. The number of carbonyl (C=O) groups is 1. The Morgan fingerprint density at radius 2 is 1.55 bits per heavy atom. The maximum Gasteiger partial charge on any atom is 0.280 e. The molecule has 3 rings (SSSR count). The van der Waals surface area contributed by atoms with Gasteiger partial charge in [0.05, 0.1) is 17.0 Å². The van der Waals surface area contributed by atoms with Crippen LogP contribution in [0.2, 0.25) is 0 Å². The molecule has 1 amide bonds. The Balaban J connectivity index is 2.05. The molecule has 0 aromatic heterocycles. The van der Waals surface area contributed by atoms with Gasteiger partial charge in [-0.2, -0.15) is 10.1 Å². The molecule has 0 aliphatic carbocycles. The van der Waals surface area contributed by atoms with Crippen LogP contribution >= 0.6 is 15.9 Å². The van der Waals surface area contributed by atoms with E-state index in [2.05, 4.69) is 21.0 Å². The van der Waals surface area contributed by atoms with Crippen molar-refractivity contribution in [3.63, 3.8) is 0 Å². The average molecular weight is 474 g/mol. The van der Waals surface area contributed by atoms with E-state index in [1.807, 2.05) is 19.0 Å². The van der Waals surface area contributed by atoms with E-state index in [0.717, 1.165) is 10.2 Å². The van der Waals surface area contributed by atoms with E-state index in [9.17, 15) is 26.7 Å². The van der Waals surface area contributed by atoms with E-state index in [1.54, 1.807) is 18.2 Å². The van der Waals surface area contributed by atoms with Crippen LogP contribution < -0.4 is 9.91 Å². The normalized spacial score (nSPS) is 15.3. The third-order valence-electron chi connectivity index (χ3n) is 4.23. The second-order valence-corrected chi connectivity index (χ2v) is 7.24. The molecule has 1 aliphatic rings. The van der Waals surface area contributed by atoms with E-state index in [4.69, 9.17) is 0 Å². The Morgan fingerprint density at radius 3 is 2.07 bits per heavy atom. The van der Waals surface area contributed by atoms with E-state index in [0.29, 0.717) is 5.56 Å². The second kappa shape index (κ2) is 7.58. The molecule has 2 aromatic carbocycles. The molecule has 0 spiro atoms. The van der Waals surface area contributed by atoms with Crippen LogP contribution in [0.4, 0.5) is 33.3 Å². The monoisotopic (exact) mass is 473 g/mol. The van der Waals surface area contributed by atoms with Crippen molar-refractivity contribution in [3.8, 4) is 0 Å². The summed E-state index contributed by atoms with van der Waals surface area (Å²) in [5.41, 5.74) is 0.0430. The minimum atomic E-state index is -2.31. The predicted molar refractivity (Wildman–Crippen MR) is 103 cm³/mol. The first-order valence-corrected chi connectivity index (χ1v) is 8.94.